The van der Waals surface area contributed by atoms with Crippen LogP contribution in [-0.4, -0.2) is 58.6 Å². The van der Waals surface area contributed by atoms with E-state index in [0.29, 0.717) is 31.7 Å². The molecule has 1 fully saturated rings. The molecule has 24 heavy (non-hydrogen) atoms. The number of carbonyl (C=O) groups excluding carboxylic acids is 1. The van der Waals surface area contributed by atoms with Crippen molar-refractivity contribution in [2.75, 3.05) is 24.7 Å². The van der Waals surface area contributed by atoms with Gasteiger partial charge in [0.05, 0.1) is 25.1 Å². The van der Waals surface area contributed by atoms with E-state index in [9.17, 15) is 14.7 Å². The van der Waals surface area contributed by atoms with Gasteiger partial charge in [0.1, 0.15) is 12.1 Å². The molecule has 3 heterocycles. The van der Waals surface area contributed by atoms with E-state index in [0.717, 1.165) is 18.6 Å². The monoisotopic (exact) mass is 334 g/mol. The summed E-state index contributed by atoms with van der Waals surface area (Å²) in [5, 5.41) is 16.5. The van der Waals surface area contributed by atoms with Crippen LogP contribution in [0.3, 0.4) is 0 Å². The first-order valence-corrected chi connectivity index (χ1v) is 8.09. The largest absolute Gasteiger partial charge is 0.480 e. The Balaban J connectivity index is 1.71. The first-order valence-electron chi connectivity index (χ1n) is 8.09. The number of nitrogens with zero attached hydrogens (tertiary/aromatic N) is 3. The van der Waals surface area contributed by atoms with Gasteiger partial charge < -0.3 is 20.1 Å². The summed E-state index contributed by atoms with van der Waals surface area (Å²) in [6.45, 7) is 1.69. The lowest BCUT2D eigenvalue weighted by molar-refractivity contribution is -0.138. The maximum atomic E-state index is 12.6. The third kappa shape index (κ3) is 3.43. The van der Waals surface area contributed by atoms with Crippen molar-refractivity contribution in [2.24, 2.45) is 7.05 Å². The fraction of sp³-hybridized carbons (Fsp3) is 0.562. The van der Waals surface area contributed by atoms with E-state index in [4.69, 9.17) is 4.74 Å². The highest BCUT2D eigenvalue weighted by Gasteiger charge is 2.42. The minimum atomic E-state index is -0.919. The molecule has 1 saturated heterocycles. The molecule has 2 aliphatic heterocycles. The smallest absolute Gasteiger partial charge is 0.326 e. The van der Waals surface area contributed by atoms with Crippen LogP contribution in [0.5, 0.6) is 0 Å². The second kappa shape index (κ2) is 7.04. The summed E-state index contributed by atoms with van der Waals surface area (Å²) in [6.07, 6.45) is 7.22. The van der Waals surface area contributed by atoms with E-state index in [1.807, 2.05) is 0 Å². The van der Waals surface area contributed by atoms with Gasteiger partial charge in [-0.2, -0.15) is 5.10 Å². The van der Waals surface area contributed by atoms with E-state index < -0.39 is 18.1 Å². The number of carboxylic acids is 1. The van der Waals surface area contributed by atoms with E-state index in [1.165, 1.54) is 0 Å². The maximum absolute atomic E-state index is 12.6. The van der Waals surface area contributed by atoms with Gasteiger partial charge in [-0.15, -0.1) is 0 Å². The van der Waals surface area contributed by atoms with Gasteiger partial charge in [0, 0.05) is 19.8 Å². The van der Waals surface area contributed by atoms with Crippen molar-refractivity contribution in [2.45, 2.75) is 31.3 Å². The number of rotatable bonds is 5. The normalized spacial score (nSPS) is 23.9. The molecule has 2 aliphatic rings. The Labute approximate surface area is 140 Å². The van der Waals surface area contributed by atoms with Gasteiger partial charge in [-0.1, -0.05) is 6.08 Å². The molecule has 0 saturated carbocycles. The number of ether oxygens (including phenoxy) is 1. The predicted octanol–water partition coefficient (Wildman–Crippen LogP) is 0.305. The average Bonchev–Trinajstić information content (AvgIpc) is 3.19. The van der Waals surface area contributed by atoms with E-state index in [2.05, 4.69) is 16.5 Å². The number of anilines is 1. The predicted molar refractivity (Wildman–Crippen MR) is 86.7 cm³/mol. The van der Waals surface area contributed by atoms with Crippen LogP contribution in [0.15, 0.2) is 24.0 Å². The van der Waals surface area contributed by atoms with Crippen LogP contribution in [0.4, 0.5) is 5.69 Å². The Bertz CT molecular complexity index is 654. The van der Waals surface area contributed by atoms with Crippen molar-refractivity contribution < 1.29 is 19.4 Å². The number of aliphatic carboxylic acids is 1. The molecule has 0 aromatic carbocycles. The second-order valence-corrected chi connectivity index (χ2v) is 6.15. The van der Waals surface area contributed by atoms with E-state index in [1.54, 1.807) is 29.0 Å². The Hall–Kier alpha value is -2.35. The second-order valence-electron chi connectivity index (χ2n) is 6.15. The van der Waals surface area contributed by atoms with Gasteiger partial charge >= 0.3 is 5.97 Å². The topological polar surface area (TPSA) is 96.7 Å². The molecule has 1 aromatic heterocycles. The number of carbonyl (C=O) groups is 2. The number of aromatic nitrogens is 2. The van der Waals surface area contributed by atoms with Gasteiger partial charge in [-0.3, -0.25) is 9.48 Å². The van der Waals surface area contributed by atoms with Crippen LogP contribution >= 0.6 is 0 Å². The van der Waals surface area contributed by atoms with Crippen LogP contribution in [0.25, 0.3) is 0 Å². The molecule has 3 rings (SSSR count). The van der Waals surface area contributed by atoms with Gasteiger partial charge in [0.25, 0.3) is 0 Å². The van der Waals surface area contributed by atoms with E-state index >= 15 is 0 Å². The molecule has 1 amide bonds. The van der Waals surface area contributed by atoms with Crippen molar-refractivity contribution in [3.63, 3.8) is 0 Å². The zero-order valence-electron chi connectivity index (χ0n) is 13.6. The lowest BCUT2D eigenvalue weighted by Gasteiger charge is -2.28. The molecule has 8 heteroatoms. The molecule has 2 atom stereocenters. The summed E-state index contributed by atoms with van der Waals surface area (Å²) < 4.78 is 6.97. The molecule has 0 spiro atoms. The Morgan fingerprint density at radius 2 is 2.21 bits per heavy atom. The van der Waals surface area contributed by atoms with Crippen molar-refractivity contribution in [3.8, 4) is 0 Å². The van der Waals surface area contributed by atoms with Gasteiger partial charge in [0.15, 0.2) is 0 Å². The van der Waals surface area contributed by atoms with Crippen LogP contribution in [0.2, 0.25) is 0 Å². The van der Waals surface area contributed by atoms with Gasteiger partial charge in [0.2, 0.25) is 5.91 Å². The van der Waals surface area contributed by atoms with Crippen LogP contribution in [0.1, 0.15) is 19.3 Å². The van der Waals surface area contributed by atoms with Crippen LogP contribution < -0.4 is 10.2 Å². The maximum Gasteiger partial charge on any atom is 0.326 e. The van der Waals surface area contributed by atoms with Crippen LogP contribution in [-0.2, 0) is 21.4 Å². The molecular weight excluding hydrogens is 312 g/mol. The molecular formula is C16H22N4O4. The highest BCUT2D eigenvalue weighted by atomic mass is 16.5. The molecule has 0 bridgehead atoms. The first-order chi connectivity index (χ1) is 11.6. The third-order valence-electron chi connectivity index (χ3n) is 4.43. The van der Waals surface area contributed by atoms with Crippen molar-refractivity contribution in [3.05, 3.63) is 24.0 Å². The summed E-state index contributed by atoms with van der Waals surface area (Å²) in [4.78, 5) is 25.8. The number of carboxylic acid groups (broad SMARTS) is 1. The number of nitrogens with one attached hydrogen (secondary N) is 1. The molecule has 2 unspecified atom stereocenters. The summed E-state index contributed by atoms with van der Waals surface area (Å²) in [6, 6.07) is -1.21. The lowest BCUT2D eigenvalue weighted by atomic mass is 10.1. The minimum absolute atomic E-state index is 0.158. The van der Waals surface area contributed by atoms with Crippen molar-refractivity contribution >= 4 is 17.6 Å². The Morgan fingerprint density at radius 1 is 1.42 bits per heavy atom. The molecule has 130 valence electrons. The average molecular weight is 334 g/mol. The van der Waals surface area contributed by atoms with Crippen LogP contribution in [0, 0.1) is 0 Å². The SMILES string of the molecule is Cn1cc(N2C(C(=O)O)CCC2C(=O)NCC2=CCCOC2)cn1. The number of aryl methyl sites for hydroxylation is 1. The highest BCUT2D eigenvalue weighted by molar-refractivity contribution is 5.90. The Kier molecular flexibility index (Phi) is 4.84. The Morgan fingerprint density at radius 3 is 2.83 bits per heavy atom. The fourth-order valence-corrected chi connectivity index (χ4v) is 3.26. The van der Waals surface area contributed by atoms with Gasteiger partial charge in [-0.05, 0) is 24.8 Å². The zero-order chi connectivity index (χ0) is 17.1. The molecule has 0 radical (unpaired) electrons. The number of amides is 1. The van der Waals surface area contributed by atoms with Crippen molar-refractivity contribution in [1.82, 2.24) is 15.1 Å². The quantitative estimate of drug-likeness (QED) is 0.752. The van der Waals surface area contributed by atoms with Crippen molar-refractivity contribution in [1.29, 1.82) is 0 Å². The summed E-state index contributed by atoms with van der Waals surface area (Å²) >= 11 is 0. The van der Waals surface area contributed by atoms with E-state index in [-0.39, 0.29) is 5.91 Å². The first kappa shape index (κ1) is 16.5. The standard InChI is InChI=1S/C16H22N4O4/c1-19-9-12(8-18-19)20-13(4-5-14(20)16(22)23)15(21)17-7-11-3-2-6-24-10-11/h3,8-9,13-14H,2,4-7,10H2,1H3,(H,17,21)(H,22,23). The highest BCUT2D eigenvalue weighted by Crippen LogP contribution is 2.30. The summed E-state index contributed by atoms with van der Waals surface area (Å²) in [5.74, 6) is -1.08. The molecule has 0 aliphatic carbocycles. The molecule has 8 nitrogen and oxygen atoms in total. The fourth-order valence-electron chi connectivity index (χ4n) is 3.26. The number of hydrogen-bond acceptors (Lipinski definition) is 5. The summed E-state index contributed by atoms with van der Waals surface area (Å²) in [5.41, 5.74) is 1.71. The molecule has 2 N–H and O–H groups in total. The van der Waals surface area contributed by atoms with Gasteiger partial charge in [-0.25, -0.2) is 4.79 Å². The molecule has 1 aromatic rings. The third-order valence-corrected chi connectivity index (χ3v) is 4.43. The minimum Gasteiger partial charge on any atom is -0.480 e. The number of hydrogen-bond donors (Lipinski definition) is 2. The lowest BCUT2D eigenvalue weighted by Crippen LogP contribution is -2.48. The summed E-state index contributed by atoms with van der Waals surface area (Å²) in [7, 11) is 1.76. The zero-order valence-corrected chi connectivity index (χ0v) is 13.6.